The smallest absolute Gasteiger partial charge is 0.203 e. The molecule has 1 aromatic carbocycles. The topological polar surface area (TPSA) is 43.1 Å². The standard InChI is InChI=1S/C10H9NOS3/c1-14-15(13)10-8(11)6-4-2-3-5-7(6)9(10)12/h2-5H,11H2,1H3. The molecule has 0 fully saturated rings. The van der Waals surface area contributed by atoms with E-state index in [9.17, 15) is 4.79 Å². The van der Waals surface area contributed by atoms with E-state index in [0.717, 1.165) is 5.56 Å². The number of carbonyl (C=O) groups excluding carboxylic acids is 1. The van der Waals surface area contributed by atoms with Crippen LogP contribution in [-0.2, 0) is 19.7 Å². The first-order valence-corrected chi connectivity index (χ1v) is 8.16. The fourth-order valence-electron chi connectivity index (χ4n) is 1.53. The minimum absolute atomic E-state index is 0.00390. The van der Waals surface area contributed by atoms with Crippen LogP contribution in [0.2, 0.25) is 0 Å². The number of hydrogen-bond acceptors (Lipinski definition) is 4. The van der Waals surface area contributed by atoms with Crippen molar-refractivity contribution < 1.29 is 4.79 Å². The quantitative estimate of drug-likeness (QED) is 0.819. The van der Waals surface area contributed by atoms with E-state index < -0.39 is 8.49 Å². The van der Waals surface area contributed by atoms with E-state index >= 15 is 0 Å². The van der Waals surface area contributed by atoms with Crippen molar-refractivity contribution in [3.63, 3.8) is 0 Å². The Kier molecular flexibility index (Phi) is 2.95. The van der Waals surface area contributed by atoms with Gasteiger partial charge in [-0.15, -0.1) is 0 Å². The Balaban J connectivity index is 2.60. The van der Waals surface area contributed by atoms with Gasteiger partial charge in [0.15, 0.2) is 0 Å². The first-order chi connectivity index (χ1) is 7.16. The van der Waals surface area contributed by atoms with Crippen LogP contribution in [0.1, 0.15) is 15.9 Å². The molecular formula is C10H9NOS3. The van der Waals surface area contributed by atoms with E-state index in [-0.39, 0.29) is 5.78 Å². The molecule has 2 N–H and O–H groups in total. The van der Waals surface area contributed by atoms with Crippen molar-refractivity contribution >= 4 is 41.9 Å². The van der Waals surface area contributed by atoms with Gasteiger partial charge in [-0.1, -0.05) is 35.1 Å². The zero-order valence-corrected chi connectivity index (χ0v) is 10.5. The van der Waals surface area contributed by atoms with Crippen LogP contribution in [0.5, 0.6) is 0 Å². The number of ketones is 1. The normalized spacial score (nSPS) is 16.7. The summed E-state index contributed by atoms with van der Waals surface area (Å²) in [5, 5.41) is 0. The summed E-state index contributed by atoms with van der Waals surface area (Å²) in [7, 11) is 0.950. The van der Waals surface area contributed by atoms with Crippen LogP contribution in [0.3, 0.4) is 0 Å². The molecule has 0 amide bonds. The third kappa shape index (κ3) is 1.64. The number of rotatable bonds is 2. The van der Waals surface area contributed by atoms with Gasteiger partial charge in [0, 0.05) is 11.1 Å². The molecule has 0 bridgehead atoms. The molecular weight excluding hydrogens is 246 g/mol. The average Bonchev–Trinajstić information content (AvgIpc) is 2.52. The molecule has 15 heavy (non-hydrogen) atoms. The van der Waals surface area contributed by atoms with Crippen LogP contribution in [0, 0.1) is 0 Å². The second-order valence-electron chi connectivity index (χ2n) is 3.02. The van der Waals surface area contributed by atoms with E-state index in [0.29, 0.717) is 16.2 Å². The highest BCUT2D eigenvalue weighted by Gasteiger charge is 2.29. The molecule has 0 saturated heterocycles. The van der Waals surface area contributed by atoms with Gasteiger partial charge < -0.3 is 5.73 Å². The highest BCUT2D eigenvalue weighted by Crippen LogP contribution is 2.33. The van der Waals surface area contributed by atoms with Gasteiger partial charge in [-0.25, -0.2) is 0 Å². The number of nitrogens with two attached hydrogens (primary N) is 1. The summed E-state index contributed by atoms with van der Waals surface area (Å²) in [6, 6.07) is 7.38. The van der Waals surface area contributed by atoms with Gasteiger partial charge in [0.25, 0.3) is 0 Å². The third-order valence-corrected chi connectivity index (χ3v) is 6.41. The van der Waals surface area contributed by atoms with Crippen LogP contribution >= 0.6 is 10.8 Å². The molecule has 2 rings (SSSR count). The van der Waals surface area contributed by atoms with E-state index in [1.807, 2.05) is 24.5 Å². The van der Waals surface area contributed by atoms with Crippen molar-refractivity contribution in [2.24, 2.45) is 5.73 Å². The van der Waals surface area contributed by atoms with Crippen LogP contribution in [-0.4, -0.2) is 12.0 Å². The van der Waals surface area contributed by atoms with Crippen molar-refractivity contribution in [3.8, 4) is 0 Å². The van der Waals surface area contributed by atoms with Crippen molar-refractivity contribution in [3.05, 3.63) is 40.3 Å². The molecule has 78 valence electrons. The number of benzene rings is 1. The lowest BCUT2D eigenvalue weighted by Crippen LogP contribution is -2.03. The van der Waals surface area contributed by atoms with Crippen LogP contribution in [0.15, 0.2) is 29.2 Å². The summed E-state index contributed by atoms with van der Waals surface area (Å²) in [5.41, 5.74) is 8.01. The molecule has 2 nitrogen and oxygen atoms in total. The van der Waals surface area contributed by atoms with Gasteiger partial charge in [-0.3, -0.25) is 4.79 Å². The predicted octanol–water partition coefficient (Wildman–Crippen LogP) is 1.87. The first kappa shape index (κ1) is 10.9. The second kappa shape index (κ2) is 4.08. The minimum Gasteiger partial charge on any atom is -0.397 e. The number of carbonyl (C=O) groups is 1. The summed E-state index contributed by atoms with van der Waals surface area (Å²) >= 11 is 5.23. The molecule has 0 aliphatic heterocycles. The molecule has 0 radical (unpaired) electrons. The van der Waals surface area contributed by atoms with Crippen molar-refractivity contribution in [1.82, 2.24) is 0 Å². The molecule has 1 aromatic rings. The maximum Gasteiger partial charge on any atom is 0.203 e. The van der Waals surface area contributed by atoms with Crippen molar-refractivity contribution in [2.75, 3.05) is 6.26 Å². The van der Waals surface area contributed by atoms with Crippen LogP contribution in [0.25, 0.3) is 5.70 Å². The zero-order chi connectivity index (χ0) is 11.0. The molecule has 1 atom stereocenters. The summed E-state index contributed by atoms with van der Waals surface area (Å²) in [6.07, 6.45) is 1.90. The van der Waals surface area contributed by atoms with E-state index in [1.165, 1.54) is 10.8 Å². The lowest BCUT2D eigenvalue weighted by Gasteiger charge is -2.01. The minimum atomic E-state index is -0.534. The highest BCUT2D eigenvalue weighted by atomic mass is 33.3. The molecule has 1 aliphatic carbocycles. The Hall–Kier alpha value is -0.650. The number of hydrogen-bond donors (Lipinski definition) is 1. The van der Waals surface area contributed by atoms with Gasteiger partial charge in [0.05, 0.1) is 10.6 Å². The van der Waals surface area contributed by atoms with E-state index in [4.69, 9.17) is 16.9 Å². The second-order valence-corrected chi connectivity index (χ2v) is 7.86. The lowest BCUT2D eigenvalue weighted by molar-refractivity contribution is 0.104. The number of allylic oxidation sites excluding steroid dienone is 1. The molecule has 0 heterocycles. The molecule has 1 aliphatic rings. The Morgan fingerprint density at radius 1 is 1.33 bits per heavy atom. The van der Waals surface area contributed by atoms with E-state index in [1.54, 1.807) is 6.07 Å². The molecule has 0 aromatic heterocycles. The Bertz CT molecular complexity index is 493. The Morgan fingerprint density at radius 3 is 2.47 bits per heavy atom. The Labute approximate surface area is 98.9 Å². The fourth-order valence-corrected chi connectivity index (χ4v) is 3.74. The van der Waals surface area contributed by atoms with Gasteiger partial charge in [0.1, 0.15) is 0 Å². The number of fused-ring (bicyclic) bond motifs is 1. The third-order valence-electron chi connectivity index (χ3n) is 2.23. The predicted molar refractivity (Wildman–Crippen MR) is 70.1 cm³/mol. The van der Waals surface area contributed by atoms with Gasteiger partial charge in [0.2, 0.25) is 5.78 Å². The largest absolute Gasteiger partial charge is 0.397 e. The van der Waals surface area contributed by atoms with Crippen molar-refractivity contribution in [2.45, 2.75) is 0 Å². The average molecular weight is 255 g/mol. The summed E-state index contributed by atoms with van der Waals surface area (Å²) < 4.78 is 0. The Morgan fingerprint density at radius 2 is 1.93 bits per heavy atom. The maximum atomic E-state index is 12.0. The van der Waals surface area contributed by atoms with Crippen molar-refractivity contribution in [1.29, 1.82) is 0 Å². The van der Waals surface area contributed by atoms with Gasteiger partial charge >= 0.3 is 0 Å². The highest BCUT2D eigenvalue weighted by molar-refractivity contribution is 8.84. The van der Waals surface area contributed by atoms with Crippen LogP contribution in [0.4, 0.5) is 0 Å². The first-order valence-electron chi connectivity index (χ1n) is 4.27. The SMILES string of the molecule is CSS(=S)C1=C(N)c2ccccc2C1=O. The lowest BCUT2D eigenvalue weighted by atomic mass is 10.1. The van der Waals surface area contributed by atoms with Gasteiger partial charge in [-0.05, 0) is 25.9 Å². The summed E-state index contributed by atoms with van der Waals surface area (Å²) in [5.74, 6) is -0.00390. The van der Waals surface area contributed by atoms with Gasteiger partial charge in [-0.2, -0.15) is 0 Å². The van der Waals surface area contributed by atoms with Crippen LogP contribution < -0.4 is 5.73 Å². The molecule has 5 heteroatoms. The zero-order valence-electron chi connectivity index (χ0n) is 8.02. The molecule has 0 spiro atoms. The monoisotopic (exact) mass is 255 g/mol. The molecule has 1 unspecified atom stereocenters. The fraction of sp³-hybridized carbons (Fsp3) is 0.100. The summed E-state index contributed by atoms with van der Waals surface area (Å²) in [4.78, 5) is 12.6. The summed E-state index contributed by atoms with van der Waals surface area (Å²) in [6.45, 7) is 0. The maximum absolute atomic E-state index is 12.0. The van der Waals surface area contributed by atoms with E-state index in [2.05, 4.69) is 0 Å². The number of Topliss-reactive ketones (excluding diaryl/α,β-unsaturated/α-hetero) is 1. The molecule has 0 saturated carbocycles.